The van der Waals surface area contributed by atoms with Crippen molar-refractivity contribution in [2.45, 2.75) is 31.8 Å². The lowest BCUT2D eigenvalue weighted by Gasteiger charge is -2.06. The van der Waals surface area contributed by atoms with E-state index in [1.807, 2.05) is 19.2 Å². The Bertz CT molecular complexity index is 267. The SMILES string of the molecule is CC(C)CSc1ccc([C@H](C)N)cn1. The summed E-state index contributed by atoms with van der Waals surface area (Å²) < 4.78 is 0. The van der Waals surface area contributed by atoms with Crippen molar-refractivity contribution in [1.29, 1.82) is 0 Å². The molecule has 0 aliphatic rings. The van der Waals surface area contributed by atoms with E-state index in [4.69, 9.17) is 5.73 Å². The second-order valence-corrected chi connectivity index (χ2v) is 4.96. The first kappa shape index (κ1) is 11.5. The number of pyridine rings is 1. The monoisotopic (exact) mass is 210 g/mol. The Morgan fingerprint density at radius 3 is 2.50 bits per heavy atom. The van der Waals surface area contributed by atoms with E-state index in [-0.39, 0.29) is 6.04 Å². The normalized spacial score (nSPS) is 13.2. The van der Waals surface area contributed by atoms with E-state index < -0.39 is 0 Å². The summed E-state index contributed by atoms with van der Waals surface area (Å²) in [5.41, 5.74) is 6.84. The lowest BCUT2D eigenvalue weighted by atomic mass is 10.2. The summed E-state index contributed by atoms with van der Waals surface area (Å²) in [6.07, 6.45) is 1.87. The van der Waals surface area contributed by atoms with Crippen molar-refractivity contribution < 1.29 is 0 Å². The van der Waals surface area contributed by atoms with E-state index >= 15 is 0 Å². The van der Waals surface area contributed by atoms with Crippen LogP contribution in [0.25, 0.3) is 0 Å². The molecule has 0 aromatic carbocycles. The predicted molar refractivity (Wildman–Crippen MR) is 62.4 cm³/mol. The molecule has 0 radical (unpaired) electrons. The van der Waals surface area contributed by atoms with Gasteiger partial charge in [0.1, 0.15) is 0 Å². The second kappa shape index (κ2) is 5.37. The Hall–Kier alpha value is -0.540. The molecular weight excluding hydrogens is 192 g/mol. The Morgan fingerprint density at radius 2 is 2.07 bits per heavy atom. The molecule has 0 saturated heterocycles. The summed E-state index contributed by atoms with van der Waals surface area (Å²) in [6, 6.07) is 4.18. The number of thioether (sulfide) groups is 1. The molecule has 2 N–H and O–H groups in total. The first-order chi connectivity index (χ1) is 6.59. The van der Waals surface area contributed by atoms with E-state index in [0.29, 0.717) is 5.92 Å². The Morgan fingerprint density at radius 1 is 1.36 bits per heavy atom. The van der Waals surface area contributed by atoms with Crippen molar-refractivity contribution in [2.24, 2.45) is 11.7 Å². The summed E-state index contributed by atoms with van der Waals surface area (Å²) in [6.45, 7) is 6.39. The van der Waals surface area contributed by atoms with Gasteiger partial charge < -0.3 is 5.73 Å². The molecule has 3 heteroatoms. The van der Waals surface area contributed by atoms with Gasteiger partial charge in [-0.1, -0.05) is 19.9 Å². The number of rotatable bonds is 4. The first-order valence-corrected chi connectivity index (χ1v) is 5.92. The number of nitrogens with two attached hydrogens (primary N) is 1. The number of hydrogen-bond donors (Lipinski definition) is 1. The Balaban J connectivity index is 2.55. The van der Waals surface area contributed by atoms with Crippen molar-refractivity contribution in [3.63, 3.8) is 0 Å². The third-order valence-corrected chi connectivity index (χ3v) is 3.22. The summed E-state index contributed by atoms with van der Waals surface area (Å²) in [4.78, 5) is 4.35. The van der Waals surface area contributed by atoms with E-state index in [1.165, 1.54) is 0 Å². The third kappa shape index (κ3) is 3.68. The molecule has 0 fully saturated rings. The third-order valence-electron chi connectivity index (χ3n) is 1.85. The molecule has 0 bridgehead atoms. The summed E-state index contributed by atoms with van der Waals surface area (Å²) >= 11 is 1.80. The largest absolute Gasteiger partial charge is 0.324 e. The quantitative estimate of drug-likeness (QED) is 0.777. The molecule has 0 saturated carbocycles. The molecule has 0 aliphatic heterocycles. The van der Waals surface area contributed by atoms with Gasteiger partial charge in [0.25, 0.3) is 0 Å². The molecule has 0 spiro atoms. The van der Waals surface area contributed by atoms with Crippen molar-refractivity contribution in [3.8, 4) is 0 Å². The van der Waals surface area contributed by atoms with Crippen molar-refractivity contribution >= 4 is 11.8 Å². The van der Waals surface area contributed by atoms with Gasteiger partial charge in [-0.25, -0.2) is 4.98 Å². The van der Waals surface area contributed by atoms with Crippen molar-refractivity contribution in [3.05, 3.63) is 23.9 Å². The zero-order valence-electron chi connectivity index (χ0n) is 9.03. The van der Waals surface area contributed by atoms with Crippen LogP contribution in [0.3, 0.4) is 0 Å². The maximum absolute atomic E-state index is 5.74. The summed E-state index contributed by atoms with van der Waals surface area (Å²) in [5.74, 6) is 1.82. The smallest absolute Gasteiger partial charge is 0.0960 e. The second-order valence-electron chi connectivity index (χ2n) is 3.92. The van der Waals surface area contributed by atoms with Gasteiger partial charge in [0.2, 0.25) is 0 Å². The average molecular weight is 210 g/mol. The highest BCUT2D eigenvalue weighted by Crippen LogP contribution is 2.19. The Labute approximate surface area is 90.3 Å². The molecule has 2 nitrogen and oxygen atoms in total. The molecule has 1 heterocycles. The highest BCUT2D eigenvalue weighted by atomic mass is 32.2. The standard InChI is InChI=1S/C11H18N2S/c1-8(2)7-14-11-5-4-10(6-13-11)9(3)12/h4-6,8-9H,7,12H2,1-3H3/t9-/m0/s1. The van der Waals surface area contributed by atoms with Crippen LogP contribution >= 0.6 is 11.8 Å². The van der Waals surface area contributed by atoms with Gasteiger partial charge >= 0.3 is 0 Å². The van der Waals surface area contributed by atoms with Crippen LogP contribution in [0.1, 0.15) is 32.4 Å². The van der Waals surface area contributed by atoms with Crippen LogP contribution in [0, 0.1) is 5.92 Å². The Kier molecular flexibility index (Phi) is 4.42. The lowest BCUT2D eigenvalue weighted by Crippen LogP contribution is -2.05. The van der Waals surface area contributed by atoms with Gasteiger partial charge in [0.05, 0.1) is 5.03 Å². The van der Waals surface area contributed by atoms with Gasteiger partial charge in [-0.15, -0.1) is 11.8 Å². The van der Waals surface area contributed by atoms with Crippen molar-refractivity contribution in [2.75, 3.05) is 5.75 Å². The minimum atomic E-state index is 0.0756. The lowest BCUT2D eigenvalue weighted by molar-refractivity contribution is 0.749. The fourth-order valence-corrected chi connectivity index (χ4v) is 1.79. The van der Waals surface area contributed by atoms with Gasteiger partial charge in [-0.05, 0) is 24.5 Å². The molecule has 78 valence electrons. The summed E-state index contributed by atoms with van der Waals surface area (Å²) in [5, 5.41) is 1.09. The average Bonchev–Trinajstić information content (AvgIpc) is 2.15. The number of hydrogen-bond acceptors (Lipinski definition) is 3. The zero-order chi connectivity index (χ0) is 10.6. The minimum absolute atomic E-state index is 0.0756. The maximum Gasteiger partial charge on any atom is 0.0960 e. The van der Waals surface area contributed by atoms with Gasteiger partial charge in [0.15, 0.2) is 0 Å². The first-order valence-electron chi connectivity index (χ1n) is 4.94. The maximum atomic E-state index is 5.74. The molecule has 14 heavy (non-hydrogen) atoms. The predicted octanol–water partition coefficient (Wildman–Crippen LogP) is 2.85. The highest BCUT2D eigenvalue weighted by molar-refractivity contribution is 7.99. The molecule has 1 aromatic heterocycles. The van der Waals surface area contributed by atoms with E-state index in [0.717, 1.165) is 16.3 Å². The molecule has 1 aromatic rings. The van der Waals surface area contributed by atoms with Crippen LogP contribution in [0.2, 0.25) is 0 Å². The minimum Gasteiger partial charge on any atom is -0.324 e. The molecule has 1 rings (SSSR count). The van der Waals surface area contributed by atoms with Gasteiger partial charge in [0, 0.05) is 18.0 Å². The molecule has 0 aliphatic carbocycles. The number of aromatic nitrogens is 1. The number of nitrogens with zero attached hydrogens (tertiary/aromatic N) is 1. The van der Waals surface area contributed by atoms with E-state index in [1.54, 1.807) is 11.8 Å². The fraction of sp³-hybridized carbons (Fsp3) is 0.545. The fourth-order valence-electron chi connectivity index (χ4n) is 0.999. The van der Waals surface area contributed by atoms with Crippen LogP contribution in [0.4, 0.5) is 0 Å². The molecule has 0 unspecified atom stereocenters. The van der Waals surface area contributed by atoms with E-state index in [9.17, 15) is 0 Å². The highest BCUT2D eigenvalue weighted by Gasteiger charge is 2.01. The molecule has 1 atom stereocenters. The van der Waals surface area contributed by atoms with Gasteiger partial charge in [-0.2, -0.15) is 0 Å². The zero-order valence-corrected chi connectivity index (χ0v) is 9.84. The topological polar surface area (TPSA) is 38.9 Å². The summed E-state index contributed by atoms with van der Waals surface area (Å²) in [7, 11) is 0. The van der Waals surface area contributed by atoms with E-state index in [2.05, 4.69) is 24.9 Å². The van der Waals surface area contributed by atoms with Gasteiger partial charge in [-0.3, -0.25) is 0 Å². The van der Waals surface area contributed by atoms with Crippen LogP contribution in [0.5, 0.6) is 0 Å². The van der Waals surface area contributed by atoms with Crippen LogP contribution in [-0.4, -0.2) is 10.7 Å². The molecule has 0 amide bonds. The molecular formula is C11H18N2S. The van der Waals surface area contributed by atoms with Crippen molar-refractivity contribution in [1.82, 2.24) is 4.98 Å². The van der Waals surface area contributed by atoms with Crippen LogP contribution in [-0.2, 0) is 0 Å². The van der Waals surface area contributed by atoms with Crippen LogP contribution < -0.4 is 5.73 Å². The van der Waals surface area contributed by atoms with Crippen LogP contribution in [0.15, 0.2) is 23.4 Å².